The maximum Gasteiger partial charge on any atom is 0.419 e. The van der Waals surface area contributed by atoms with Crippen molar-refractivity contribution in [3.05, 3.63) is 112 Å². The number of anilines is 2. The monoisotopic (exact) mass is 690 g/mol. The molecule has 1 aromatic heterocycles. The number of ether oxygens (including phenoxy) is 1. The Morgan fingerprint density at radius 2 is 1.48 bits per heavy atom. The Labute approximate surface area is 272 Å². The lowest BCUT2D eigenvalue weighted by molar-refractivity contribution is -0.140. The molecule has 250 valence electrons. The molecule has 0 saturated heterocycles. The Balaban J connectivity index is 1.57. The summed E-state index contributed by atoms with van der Waals surface area (Å²) >= 11 is 0.567. The Morgan fingerprint density at radius 1 is 0.771 bits per heavy atom. The number of benzene rings is 4. The number of hydrogen-bond acceptors (Lipinski definition) is 5. The molecule has 5 aromatic rings. The summed E-state index contributed by atoms with van der Waals surface area (Å²) in [5.74, 6) is -3.34. The number of rotatable bonds is 7. The Kier molecular flexibility index (Phi) is 9.01. The number of fused-ring (bicyclic) bond motifs is 1. The smallest absolute Gasteiger partial charge is 0.419 e. The molecule has 0 radical (unpaired) electrons. The molecule has 0 aliphatic heterocycles. The van der Waals surface area contributed by atoms with Crippen LogP contribution < -0.4 is 15.4 Å². The summed E-state index contributed by atoms with van der Waals surface area (Å²) in [7, 11) is 1.32. The number of hydrogen-bond donors (Lipinski definition) is 3. The fraction of sp³-hybridized carbons (Fsp3) is 0.176. The lowest BCUT2D eigenvalue weighted by atomic mass is 9.93. The number of thiophene rings is 1. The number of amides is 2. The zero-order valence-corrected chi connectivity index (χ0v) is 26.0. The lowest BCUT2D eigenvalue weighted by Gasteiger charge is -2.19. The fourth-order valence-corrected chi connectivity index (χ4v) is 5.98. The molecule has 48 heavy (non-hydrogen) atoms. The summed E-state index contributed by atoms with van der Waals surface area (Å²) < 4.78 is 99.6. The van der Waals surface area contributed by atoms with Crippen LogP contribution in [0.2, 0.25) is 0 Å². The van der Waals surface area contributed by atoms with Gasteiger partial charge in [-0.15, -0.1) is 11.3 Å². The van der Waals surface area contributed by atoms with E-state index >= 15 is 0 Å². The topological polar surface area (TPSA) is 87.7 Å². The normalized spacial score (nSPS) is 12.2. The van der Waals surface area contributed by atoms with E-state index < -0.39 is 52.4 Å². The highest BCUT2D eigenvalue weighted by Crippen LogP contribution is 2.41. The van der Waals surface area contributed by atoms with E-state index in [1.54, 1.807) is 44.2 Å². The first-order valence-electron chi connectivity index (χ1n) is 14.0. The van der Waals surface area contributed by atoms with Crippen LogP contribution in [0.3, 0.4) is 0 Å². The summed E-state index contributed by atoms with van der Waals surface area (Å²) in [6, 6.07) is 16.0. The maximum absolute atomic E-state index is 13.8. The van der Waals surface area contributed by atoms with Gasteiger partial charge in [0, 0.05) is 15.8 Å². The van der Waals surface area contributed by atoms with E-state index in [1.807, 2.05) is 0 Å². The molecular formula is C34H25F7N2O4S. The number of aliphatic hydroxyl groups is 1. The maximum atomic E-state index is 13.8. The Morgan fingerprint density at radius 3 is 2.12 bits per heavy atom. The molecule has 0 aliphatic rings. The first kappa shape index (κ1) is 34.4. The van der Waals surface area contributed by atoms with Gasteiger partial charge in [0.2, 0.25) is 0 Å². The second kappa shape index (κ2) is 12.6. The van der Waals surface area contributed by atoms with Crippen molar-refractivity contribution >= 4 is 44.6 Å². The number of alkyl halides is 6. The van der Waals surface area contributed by atoms with Crippen LogP contribution in [0.25, 0.3) is 21.2 Å². The molecule has 2 amide bonds. The summed E-state index contributed by atoms with van der Waals surface area (Å²) in [6.45, 7) is 3.22. The van der Waals surface area contributed by atoms with Gasteiger partial charge in [0.25, 0.3) is 11.8 Å². The number of carbonyl (C=O) groups is 2. The highest BCUT2D eigenvalue weighted by Gasteiger charge is 2.35. The molecular weight excluding hydrogens is 665 g/mol. The van der Waals surface area contributed by atoms with E-state index in [-0.39, 0.29) is 32.0 Å². The Bertz CT molecular complexity index is 2050. The minimum absolute atomic E-state index is 0.0189. The highest BCUT2D eigenvalue weighted by atomic mass is 32.1. The van der Waals surface area contributed by atoms with Gasteiger partial charge < -0.3 is 20.5 Å². The summed E-state index contributed by atoms with van der Waals surface area (Å²) in [4.78, 5) is 26.9. The van der Waals surface area contributed by atoms with Crippen LogP contribution in [0, 0.1) is 5.82 Å². The van der Waals surface area contributed by atoms with Gasteiger partial charge in [-0.2, -0.15) is 26.3 Å². The van der Waals surface area contributed by atoms with E-state index in [0.29, 0.717) is 40.2 Å². The van der Waals surface area contributed by atoms with Gasteiger partial charge >= 0.3 is 12.4 Å². The number of nitrogens with one attached hydrogen (secondary N) is 2. The van der Waals surface area contributed by atoms with Crippen LogP contribution in [0.4, 0.5) is 42.1 Å². The molecule has 0 saturated carbocycles. The minimum atomic E-state index is -5.07. The molecule has 0 atom stereocenters. The molecule has 0 unspecified atom stereocenters. The zero-order valence-electron chi connectivity index (χ0n) is 25.2. The molecule has 0 fully saturated rings. The third-order valence-electron chi connectivity index (χ3n) is 7.34. The van der Waals surface area contributed by atoms with E-state index in [1.165, 1.54) is 19.2 Å². The van der Waals surface area contributed by atoms with Crippen LogP contribution in [0.15, 0.2) is 78.9 Å². The number of methoxy groups -OCH3 is 1. The van der Waals surface area contributed by atoms with E-state index in [0.717, 1.165) is 24.3 Å². The highest BCUT2D eigenvalue weighted by molar-refractivity contribution is 7.21. The number of carbonyl (C=O) groups excluding carboxylic acids is 2. The second-order valence-electron chi connectivity index (χ2n) is 11.2. The van der Waals surface area contributed by atoms with Gasteiger partial charge in [0.1, 0.15) is 16.4 Å². The Hall–Kier alpha value is -4.95. The molecule has 0 spiro atoms. The van der Waals surface area contributed by atoms with Gasteiger partial charge in [0.15, 0.2) is 0 Å². The SMILES string of the molecule is COc1ccc(-c2cccc(C(C)(C)O)c2)cc1C(=O)Nc1c(C(=O)Nc2ccc(F)c(C(F)(F)F)c2)sc2cc(C(F)(F)F)ccc12. The van der Waals surface area contributed by atoms with E-state index in [4.69, 9.17) is 4.74 Å². The van der Waals surface area contributed by atoms with Gasteiger partial charge in [-0.25, -0.2) is 4.39 Å². The summed E-state index contributed by atoms with van der Waals surface area (Å²) in [5, 5.41) is 15.3. The first-order valence-corrected chi connectivity index (χ1v) is 14.8. The largest absolute Gasteiger partial charge is 0.496 e. The molecule has 0 bridgehead atoms. The lowest BCUT2D eigenvalue weighted by Crippen LogP contribution is -2.18. The van der Waals surface area contributed by atoms with Gasteiger partial charge in [0.05, 0.1) is 35.1 Å². The number of halogens is 7. The summed E-state index contributed by atoms with van der Waals surface area (Å²) in [6.07, 6.45) is -9.80. The van der Waals surface area contributed by atoms with Crippen molar-refractivity contribution in [1.29, 1.82) is 0 Å². The molecule has 0 aliphatic carbocycles. The van der Waals surface area contributed by atoms with E-state index in [9.17, 15) is 45.4 Å². The van der Waals surface area contributed by atoms with E-state index in [2.05, 4.69) is 10.6 Å². The van der Waals surface area contributed by atoms with Crippen molar-refractivity contribution in [2.45, 2.75) is 31.8 Å². The standard InChI is InChI=1S/C34H25F7N2O4S/c1-32(2,46)19-6-4-5-17(13-19)18-7-12-26(47-3)23(14-18)30(44)43-28-22-10-8-20(33(36,37)38)15-27(22)48-29(28)31(45)42-21-9-11-25(35)24(16-21)34(39,40)41/h4-16,46H,1-3H3,(H,42,45)(H,43,44). The predicted octanol–water partition coefficient (Wildman–Crippen LogP) is 9.49. The van der Waals surface area contributed by atoms with Crippen molar-refractivity contribution in [2.24, 2.45) is 0 Å². The molecule has 5 rings (SSSR count). The zero-order chi connectivity index (χ0) is 35.2. The van der Waals surface area contributed by atoms with Crippen molar-refractivity contribution in [3.8, 4) is 16.9 Å². The van der Waals surface area contributed by atoms with Crippen LogP contribution in [0.5, 0.6) is 5.75 Å². The average Bonchev–Trinajstić information content (AvgIpc) is 3.38. The third-order valence-corrected chi connectivity index (χ3v) is 8.49. The quantitative estimate of drug-likeness (QED) is 0.149. The van der Waals surface area contributed by atoms with Crippen molar-refractivity contribution in [2.75, 3.05) is 17.7 Å². The van der Waals surface area contributed by atoms with Crippen molar-refractivity contribution in [3.63, 3.8) is 0 Å². The molecule has 6 nitrogen and oxygen atoms in total. The van der Waals surface area contributed by atoms with Crippen LogP contribution in [0.1, 0.15) is 50.6 Å². The molecule has 1 heterocycles. The van der Waals surface area contributed by atoms with Gasteiger partial charge in [-0.1, -0.05) is 30.3 Å². The average molecular weight is 691 g/mol. The van der Waals surface area contributed by atoms with Gasteiger partial charge in [-0.3, -0.25) is 9.59 Å². The molecule has 3 N–H and O–H groups in total. The summed E-state index contributed by atoms with van der Waals surface area (Å²) in [5.41, 5.74) is -2.71. The minimum Gasteiger partial charge on any atom is -0.496 e. The van der Waals surface area contributed by atoms with Crippen LogP contribution in [-0.4, -0.2) is 24.0 Å². The fourth-order valence-electron chi connectivity index (χ4n) is 4.89. The van der Waals surface area contributed by atoms with Crippen LogP contribution in [-0.2, 0) is 18.0 Å². The van der Waals surface area contributed by atoms with Gasteiger partial charge in [-0.05, 0) is 79.1 Å². The third kappa shape index (κ3) is 7.14. The first-order chi connectivity index (χ1) is 22.4. The second-order valence-corrected chi connectivity index (χ2v) is 12.2. The predicted molar refractivity (Wildman–Crippen MR) is 168 cm³/mol. The van der Waals surface area contributed by atoms with Crippen molar-refractivity contribution < 1.29 is 50.2 Å². The van der Waals surface area contributed by atoms with Crippen LogP contribution >= 0.6 is 11.3 Å². The molecule has 4 aromatic carbocycles. The molecule has 14 heteroatoms. The van der Waals surface area contributed by atoms with Crippen molar-refractivity contribution in [1.82, 2.24) is 0 Å².